The first-order valence-corrected chi connectivity index (χ1v) is 5.25. The summed E-state index contributed by atoms with van der Waals surface area (Å²) in [6, 6.07) is 11.4. The fourth-order valence-corrected chi connectivity index (χ4v) is 1.64. The van der Waals surface area contributed by atoms with Crippen molar-refractivity contribution in [2.24, 2.45) is 5.73 Å². The van der Waals surface area contributed by atoms with Crippen LogP contribution in [0, 0.1) is 0 Å². The normalized spacial score (nSPS) is 12.6. The molecule has 0 saturated heterocycles. The van der Waals surface area contributed by atoms with Gasteiger partial charge in [0, 0.05) is 12.7 Å². The number of nitrogens with zero attached hydrogens (tertiary/aromatic N) is 2. The third-order valence-corrected chi connectivity index (χ3v) is 2.54. The van der Waals surface area contributed by atoms with Crippen LogP contribution in [0.4, 0.5) is 0 Å². The predicted molar refractivity (Wildman–Crippen MR) is 61.5 cm³/mol. The van der Waals surface area contributed by atoms with Gasteiger partial charge in [-0.1, -0.05) is 30.3 Å². The van der Waals surface area contributed by atoms with Gasteiger partial charge in [0.1, 0.15) is 0 Å². The first-order valence-electron chi connectivity index (χ1n) is 5.25. The fraction of sp³-hybridized carbons (Fsp3) is 0.250. The van der Waals surface area contributed by atoms with Crippen LogP contribution in [0.25, 0.3) is 0 Å². The first-order chi connectivity index (χ1) is 7.81. The van der Waals surface area contributed by atoms with Crippen molar-refractivity contribution in [3.05, 3.63) is 53.9 Å². The summed E-state index contributed by atoms with van der Waals surface area (Å²) in [4.78, 5) is 0. The average Bonchev–Trinajstić information content (AvgIpc) is 2.77. The van der Waals surface area contributed by atoms with Crippen LogP contribution in [0.5, 0.6) is 0 Å². The van der Waals surface area contributed by atoms with Gasteiger partial charge in [0.25, 0.3) is 0 Å². The third-order valence-electron chi connectivity index (χ3n) is 2.54. The molecule has 0 bridgehead atoms. The van der Waals surface area contributed by atoms with Crippen LogP contribution in [0.2, 0.25) is 0 Å². The SMILES string of the molecule is NCc1ccnn1CC(O)c1ccccc1. The Kier molecular flexibility index (Phi) is 3.34. The Morgan fingerprint density at radius 1 is 1.25 bits per heavy atom. The van der Waals surface area contributed by atoms with Gasteiger partial charge in [-0.3, -0.25) is 4.68 Å². The van der Waals surface area contributed by atoms with E-state index in [4.69, 9.17) is 5.73 Å². The molecule has 1 aromatic carbocycles. The van der Waals surface area contributed by atoms with E-state index in [2.05, 4.69) is 5.10 Å². The van der Waals surface area contributed by atoms with E-state index in [9.17, 15) is 5.11 Å². The van der Waals surface area contributed by atoms with E-state index in [1.807, 2.05) is 36.4 Å². The van der Waals surface area contributed by atoms with E-state index >= 15 is 0 Å². The molecule has 0 saturated carbocycles. The number of aliphatic hydroxyl groups is 1. The summed E-state index contributed by atoms with van der Waals surface area (Å²) in [6.45, 7) is 0.866. The van der Waals surface area contributed by atoms with Gasteiger partial charge in [0.2, 0.25) is 0 Å². The highest BCUT2D eigenvalue weighted by Gasteiger charge is 2.09. The summed E-state index contributed by atoms with van der Waals surface area (Å²) in [7, 11) is 0. The Labute approximate surface area is 94.3 Å². The van der Waals surface area contributed by atoms with Crippen molar-refractivity contribution in [3.8, 4) is 0 Å². The lowest BCUT2D eigenvalue weighted by Crippen LogP contribution is -2.14. The van der Waals surface area contributed by atoms with Gasteiger partial charge < -0.3 is 10.8 Å². The smallest absolute Gasteiger partial charge is 0.0986 e. The van der Waals surface area contributed by atoms with E-state index in [1.165, 1.54) is 0 Å². The number of nitrogens with two attached hydrogens (primary N) is 1. The van der Waals surface area contributed by atoms with Crippen LogP contribution in [0.1, 0.15) is 17.4 Å². The van der Waals surface area contributed by atoms with Crippen LogP contribution >= 0.6 is 0 Å². The molecule has 0 aliphatic rings. The molecule has 3 N–H and O–H groups in total. The molecule has 4 nitrogen and oxygen atoms in total. The van der Waals surface area contributed by atoms with Crippen LogP contribution in [0.3, 0.4) is 0 Å². The lowest BCUT2D eigenvalue weighted by atomic mass is 10.1. The third kappa shape index (κ3) is 2.29. The van der Waals surface area contributed by atoms with Crippen molar-refractivity contribution in [2.75, 3.05) is 0 Å². The molecule has 0 amide bonds. The minimum absolute atomic E-state index is 0.432. The largest absolute Gasteiger partial charge is 0.386 e. The van der Waals surface area contributed by atoms with Gasteiger partial charge in [0.05, 0.1) is 18.3 Å². The monoisotopic (exact) mass is 217 g/mol. The van der Waals surface area contributed by atoms with Crippen molar-refractivity contribution in [1.82, 2.24) is 9.78 Å². The van der Waals surface area contributed by atoms with Gasteiger partial charge in [-0.25, -0.2) is 0 Å². The molecule has 2 rings (SSSR count). The van der Waals surface area contributed by atoms with Crippen molar-refractivity contribution in [3.63, 3.8) is 0 Å². The predicted octanol–water partition coefficient (Wildman–Crippen LogP) is 1.08. The van der Waals surface area contributed by atoms with Crippen LogP contribution in [-0.2, 0) is 13.1 Å². The molecule has 2 aromatic rings. The second kappa shape index (κ2) is 4.92. The zero-order chi connectivity index (χ0) is 11.4. The average molecular weight is 217 g/mol. The zero-order valence-electron chi connectivity index (χ0n) is 8.95. The Morgan fingerprint density at radius 2 is 2.00 bits per heavy atom. The van der Waals surface area contributed by atoms with Crippen molar-refractivity contribution in [1.29, 1.82) is 0 Å². The number of aromatic nitrogens is 2. The van der Waals surface area contributed by atoms with E-state index in [-0.39, 0.29) is 0 Å². The lowest BCUT2D eigenvalue weighted by molar-refractivity contribution is 0.150. The minimum atomic E-state index is -0.550. The van der Waals surface area contributed by atoms with Gasteiger partial charge >= 0.3 is 0 Å². The molecule has 1 heterocycles. The van der Waals surface area contributed by atoms with Crippen LogP contribution < -0.4 is 5.73 Å². The van der Waals surface area contributed by atoms with Crippen molar-refractivity contribution < 1.29 is 5.11 Å². The van der Waals surface area contributed by atoms with Gasteiger partial charge in [0.15, 0.2) is 0 Å². The highest BCUT2D eigenvalue weighted by molar-refractivity contribution is 5.17. The first kappa shape index (κ1) is 10.9. The van der Waals surface area contributed by atoms with Crippen LogP contribution in [0.15, 0.2) is 42.6 Å². The van der Waals surface area contributed by atoms with Gasteiger partial charge in [-0.15, -0.1) is 0 Å². The Bertz CT molecular complexity index is 439. The standard InChI is InChI=1S/C12H15N3O/c13-8-11-6-7-14-15(11)9-12(16)10-4-2-1-3-5-10/h1-7,12,16H,8-9,13H2. The zero-order valence-corrected chi connectivity index (χ0v) is 8.95. The summed E-state index contributed by atoms with van der Waals surface area (Å²) in [6.07, 6.45) is 1.14. The Hall–Kier alpha value is -1.65. The highest BCUT2D eigenvalue weighted by atomic mass is 16.3. The molecular weight excluding hydrogens is 202 g/mol. The van der Waals surface area contributed by atoms with Crippen molar-refractivity contribution in [2.45, 2.75) is 19.2 Å². The molecule has 0 radical (unpaired) electrons. The molecule has 1 aromatic heterocycles. The number of rotatable bonds is 4. The number of hydrogen-bond acceptors (Lipinski definition) is 3. The quantitative estimate of drug-likeness (QED) is 0.805. The number of benzene rings is 1. The topological polar surface area (TPSA) is 64.1 Å². The lowest BCUT2D eigenvalue weighted by Gasteiger charge is -2.12. The van der Waals surface area contributed by atoms with E-state index in [1.54, 1.807) is 10.9 Å². The molecule has 0 aliphatic heterocycles. The second-order valence-corrected chi connectivity index (χ2v) is 3.64. The molecule has 1 unspecified atom stereocenters. The number of aliphatic hydroxyl groups excluding tert-OH is 1. The molecule has 0 aliphatic carbocycles. The molecule has 1 atom stereocenters. The van der Waals surface area contributed by atoms with E-state index in [0.29, 0.717) is 13.1 Å². The maximum absolute atomic E-state index is 10.0. The summed E-state index contributed by atoms with van der Waals surface area (Å²) < 4.78 is 1.73. The maximum Gasteiger partial charge on any atom is 0.0986 e. The molecule has 0 fully saturated rings. The molecular formula is C12H15N3O. The highest BCUT2D eigenvalue weighted by Crippen LogP contribution is 2.14. The van der Waals surface area contributed by atoms with E-state index in [0.717, 1.165) is 11.3 Å². The summed E-state index contributed by atoms with van der Waals surface area (Å²) in [5, 5.41) is 14.1. The number of hydrogen-bond donors (Lipinski definition) is 2. The van der Waals surface area contributed by atoms with Gasteiger partial charge in [-0.05, 0) is 11.6 Å². The Balaban J connectivity index is 2.11. The Morgan fingerprint density at radius 3 is 2.69 bits per heavy atom. The molecule has 84 valence electrons. The summed E-state index contributed by atoms with van der Waals surface area (Å²) in [5.41, 5.74) is 7.38. The van der Waals surface area contributed by atoms with Crippen LogP contribution in [-0.4, -0.2) is 14.9 Å². The van der Waals surface area contributed by atoms with E-state index < -0.39 is 6.10 Å². The molecule has 16 heavy (non-hydrogen) atoms. The summed E-state index contributed by atoms with van der Waals surface area (Å²) in [5.74, 6) is 0. The van der Waals surface area contributed by atoms with Crippen molar-refractivity contribution >= 4 is 0 Å². The second-order valence-electron chi connectivity index (χ2n) is 3.64. The maximum atomic E-state index is 10.0. The fourth-order valence-electron chi connectivity index (χ4n) is 1.64. The molecule has 4 heteroatoms. The van der Waals surface area contributed by atoms with Gasteiger partial charge in [-0.2, -0.15) is 5.10 Å². The minimum Gasteiger partial charge on any atom is -0.386 e. The molecule has 0 spiro atoms. The summed E-state index contributed by atoms with van der Waals surface area (Å²) >= 11 is 0.